The SMILES string of the molecule is CSCc1ccc(-c2cccc([C@@H](C)N3CCCC3)c2)nc1. The normalized spacial score (nSPS) is 16.8. The van der Waals surface area contributed by atoms with Crippen molar-refractivity contribution in [3.05, 3.63) is 53.7 Å². The fourth-order valence-electron chi connectivity index (χ4n) is 3.14. The van der Waals surface area contributed by atoms with Gasteiger partial charge < -0.3 is 0 Å². The van der Waals surface area contributed by atoms with Gasteiger partial charge in [-0.25, -0.2) is 0 Å². The van der Waals surface area contributed by atoms with E-state index in [1.54, 1.807) is 0 Å². The average molecular weight is 312 g/mol. The first-order chi connectivity index (χ1) is 10.8. The first-order valence-electron chi connectivity index (χ1n) is 8.06. The summed E-state index contributed by atoms with van der Waals surface area (Å²) in [5.41, 5.74) is 4.98. The second-order valence-electron chi connectivity index (χ2n) is 6.03. The zero-order valence-electron chi connectivity index (χ0n) is 13.5. The van der Waals surface area contributed by atoms with Crippen molar-refractivity contribution in [2.75, 3.05) is 19.3 Å². The number of benzene rings is 1. The molecule has 0 bridgehead atoms. The zero-order valence-corrected chi connectivity index (χ0v) is 14.3. The number of thioether (sulfide) groups is 1. The van der Waals surface area contributed by atoms with E-state index in [2.05, 4.69) is 59.5 Å². The summed E-state index contributed by atoms with van der Waals surface area (Å²) < 4.78 is 0. The van der Waals surface area contributed by atoms with Gasteiger partial charge in [-0.2, -0.15) is 11.8 Å². The largest absolute Gasteiger partial charge is 0.297 e. The van der Waals surface area contributed by atoms with Crippen LogP contribution in [0.2, 0.25) is 0 Å². The summed E-state index contributed by atoms with van der Waals surface area (Å²) in [6, 6.07) is 13.7. The molecular weight excluding hydrogens is 288 g/mol. The molecule has 0 radical (unpaired) electrons. The Morgan fingerprint density at radius 1 is 1.18 bits per heavy atom. The number of likely N-dealkylation sites (tertiary alicyclic amines) is 1. The number of hydrogen-bond acceptors (Lipinski definition) is 3. The van der Waals surface area contributed by atoms with Gasteiger partial charge in [-0.05, 0) is 62.4 Å². The molecule has 1 saturated heterocycles. The quantitative estimate of drug-likeness (QED) is 0.791. The van der Waals surface area contributed by atoms with Crippen molar-refractivity contribution < 1.29 is 0 Å². The summed E-state index contributed by atoms with van der Waals surface area (Å²) in [6.45, 7) is 4.78. The van der Waals surface area contributed by atoms with Gasteiger partial charge in [0.2, 0.25) is 0 Å². The van der Waals surface area contributed by atoms with E-state index in [0.29, 0.717) is 6.04 Å². The van der Waals surface area contributed by atoms with E-state index in [4.69, 9.17) is 0 Å². The van der Waals surface area contributed by atoms with Gasteiger partial charge >= 0.3 is 0 Å². The lowest BCUT2D eigenvalue weighted by molar-refractivity contribution is 0.263. The molecule has 0 aliphatic carbocycles. The molecule has 1 aliphatic heterocycles. The van der Waals surface area contributed by atoms with Crippen molar-refractivity contribution in [3.63, 3.8) is 0 Å². The highest BCUT2D eigenvalue weighted by molar-refractivity contribution is 7.97. The lowest BCUT2D eigenvalue weighted by Gasteiger charge is -2.24. The van der Waals surface area contributed by atoms with Crippen LogP contribution in [0.5, 0.6) is 0 Å². The highest BCUT2D eigenvalue weighted by Crippen LogP contribution is 2.27. The molecule has 1 aromatic carbocycles. The Hall–Kier alpha value is -1.32. The second-order valence-corrected chi connectivity index (χ2v) is 6.90. The Balaban J connectivity index is 1.80. The number of rotatable bonds is 5. The molecule has 1 aromatic heterocycles. The molecule has 22 heavy (non-hydrogen) atoms. The van der Waals surface area contributed by atoms with Gasteiger partial charge in [-0.15, -0.1) is 0 Å². The fourth-order valence-corrected chi connectivity index (χ4v) is 3.65. The Labute approximate surface area is 138 Å². The van der Waals surface area contributed by atoms with Crippen LogP contribution in [0.3, 0.4) is 0 Å². The smallest absolute Gasteiger partial charge is 0.0702 e. The van der Waals surface area contributed by atoms with Gasteiger partial charge in [0.1, 0.15) is 0 Å². The molecule has 1 fully saturated rings. The molecule has 116 valence electrons. The highest BCUT2D eigenvalue weighted by atomic mass is 32.2. The Morgan fingerprint density at radius 3 is 2.68 bits per heavy atom. The average Bonchev–Trinajstić information content (AvgIpc) is 3.10. The number of nitrogens with zero attached hydrogens (tertiary/aromatic N) is 2. The first-order valence-corrected chi connectivity index (χ1v) is 9.45. The lowest BCUT2D eigenvalue weighted by atomic mass is 10.0. The minimum absolute atomic E-state index is 0.498. The van der Waals surface area contributed by atoms with E-state index >= 15 is 0 Å². The van der Waals surface area contributed by atoms with E-state index in [1.807, 2.05) is 18.0 Å². The van der Waals surface area contributed by atoms with Crippen LogP contribution < -0.4 is 0 Å². The van der Waals surface area contributed by atoms with Crippen LogP contribution >= 0.6 is 11.8 Å². The third kappa shape index (κ3) is 3.53. The van der Waals surface area contributed by atoms with E-state index in [9.17, 15) is 0 Å². The molecule has 1 aliphatic rings. The number of aromatic nitrogens is 1. The molecule has 0 unspecified atom stereocenters. The standard InChI is InChI=1S/C19H24N2S/c1-15(21-10-3-4-11-21)17-6-5-7-18(12-17)19-9-8-16(13-20-19)14-22-2/h5-9,12-13,15H,3-4,10-11,14H2,1-2H3/t15-/m1/s1. The molecule has 0 N–H and O–H groups in total. The van der Waals surface area contributed by atoms with Crippen molar-refractivity contribution >= 4 is 11.8 Å². The van der Waals surface area contributed by atoms with Crippen LogP contribution in [0, 0.1) is 0 Å². The maximum absolute atomic E-state index is 4.64. The van der Waals surface area contributed by atoms with Crippen LogP contribution in [0.4, 0.5) is 0 Å². The first kappa shape index (κ1) is 15.6. The maximum Gasteiger partial charge on any atom is 0.0702 e. The second kappa shape index (κ2) is 7.30. The summed E-state index contributed by atoms with van der Waals surface area (Å²) in [5.74, 6) is 1.03. The highest BCUT2D eigenvalue weighted by Gasteiger charge is 2.19. The predicted molar refractivity (Wildman–Crippen MR) is 96.1 cm³/mol. The molecule has 3 rings (SSSR count). The number of hydrogen-bond donors (Lipinski definition) is 0. The Bertz CT molecular complexity index is 603. The number of pyridine rings is 1. The van der Waals surface area contributed by atoms with Crippen LogP contribution in [0.1, 0.15) is 36.9 Å². The van der Waals surface area contributed by atoms with Crippen molar-refractivity contribution in [1.29, 1.82) is 0 Å². The molecule has 0 saturated carbocycles. The van der Waals surface area contributed by atoms with Crippen molar-refractivity contribution in [2.24, 2.45) is 0 Å². The van der Waals surface area contributed by atoms with Crippen LogP contribution in [-0.4, -0.2) is 29.2 Å². The summed E-state index contributed by atoms with van der Waals surface area (Å²) in [6.07, 6.45) is 6.80. The fraction of sp³-hybridized carbons (Fsp3) is 0.421. The van der Waals surface area contributed by atoms with Gasteiger partial charge in [0.05, 0.1) is 5.69 Å². The monoisotopic (exact) mass is 312 g/mol. The third-order valence-corrected chi connectivity index (χ3v) is 5.11. The summed E-state index contributed by atoms with van der Waals surface area (Å²) in [4.78, 5) is 7.22. The van der Waals surface area contributed by atoms with E-state index in [0.717, 1.165) is 11.4 Å². The van der Waals surface area contributed by atoms with Crippen LogP contribution in [0.25, 0.3) is 11.3 Å². The van der Waals surface area contributed by atoms with Crippen molar-refractivity contribution in [1.82, 2.24) is 9.88 Å². The van der Waals surface area contributed by atoms with Crippen LogP contribution in [-0.2, 0) is 5.75 Å². The maximum atomic E-state index is 4.64. The topological polar surface area (TPSA) is 16.1 Å². The third-order valence-electron chi connectivity index (χ3n) is 4.49. The molecule has 2 aromatic rings. The summed E-state index contributed by atoms with van der Waals surface area (Å²) in [7, 11) is 0. The molecule has 1 atom stereocenters. The summed E-state index contributed by atoms with van der Waals surface area (Å²) >= 11 is 1.83. The Morgan fingerprint density at radius 2 is 2.00 bits per heavy atom. The van der Waals surface area contributed by atoms with Gasteiger partial charge in [-0.3, -0.25) is 9.88 Å². The van der Waals surface area contributed by atoms with Gasteiger partial charge in [0.15, 0.2) is 0 Å². The lowest BCUT2D eigenvalue weighted by Crippen LogP contribution is -2.23. The van der Waals surface area contributed by atoms with Crippen molar-refractivity contribution in [3.8, 4) is 11.3 Å². The van der Waals surface area contributed by atoms with E-state index < -0.39 is 0 Å². The molecule has 3 heteroatoms. The molecule has 2 heterocycles. The minimum Gasteiger partial charge on any atom is -0.297 e. The van der Waals surface area contributed by atoms with Gasteiger partial charge in [0, 0.05) is 23.6 Å². The Kier molecular flexibility index (Phi) is 5.16. The molecular formula is C19H24N2S. The minimum atomic E-state index is 0.498. The van der Waals surface area contributed by atoms with Gasteiger partial charge in [-0.1, -0.05) is 24.3 Å². The van der Waals surface area contributed by atoms with Crippen molar-refractivity contribution in [2.45, 2.75) is 31.6 Å². The zero-order chi connectivity index (χ0) is 15.4. The van der Waals surface area contributed by atoms with E-state index in [1.165, 1.54) is 42.6 Å². The van der Waals surface area contributed by atoms with E-state index in [-0.39, 0.29) is 0 Å². The predicted octanol–water partition coefficient (Wildman–Crippen LogP) is 4.77. The molecule has 0 spiro atoms. The summed E-state index contributed by atoms with van der Waals surface area (Å²) in [5, 5.41) is 0. The van der Waals surface area contributed by atoms with Gasteiger partial charge in [0.25, 0.3) is 0 Å². The van der Waals surface area contributed by atoms with Crippen LogP contribution in [0.15, 0.2) is 42.6 Å². The molecule has 0 amide bonds. The molecule has 2 nitrogen and oxygen atoms in total.